The number of imidazole rings is 1. The highest BCUT2D eigenvalue weighted by Crippen LogP contribution is 2.07. The second-order valence-corrected chi connectivity index (χ2v) is 2.13. The van der Waals surface area contributed by atoms with Crippen LogP contribution in [-0.2, 0) is 6.54 Å². The van der Waals surface area contributed by atoms with Crippen molar-refractivity contribution in [2.45, 2.75) is 13.0 Å². The lowest BCUT2D eigenvalue weighted by molar-refractivity contribution is -0.396. The normalized spacial score (nSPS) is 9.25. The third-order valence-electron chi connectivity index (χ3n) is 1.35. The molecule has 5 heteroatoms. The van der Waals surface area contributed by atoms with Crippen LogP contribution >= 0.6 is 0 Å². The molecule has 0 aromatic carbocycles. The smallest absolute Gasteiger partial charge is 0.390 e. The number of nitrogens with zero attached hydrogens (tertiary/aromatic N) is 3. The Labute approximate surface area is 69.2 Å². The molecule has 0 unspecified atom stereocenters. The van der Waals surface area contributed by atoms with Crippen LogP contribution in [0.3, 0.4) is 0 Å². The molecule has 0 spiro atoms. The van der Waals surface area contributed by atoms with Crippen LogP contribution in [0.4, 0.5) is 5.95 Å². The van der Waals surface area contributed by atoms with Gasteiger partial charge in [0, 0.05) is 6.42 Å². The van der Waals surface area contributed by atoms with Gasteiger partial charge in [0.2, 0.25) is 0 Å². The lowest BCUT2D eigenvalue weighted by Gasteiger charge is -1.96. The Morgan fingerprint density at radius 1 is 1.83 bits per heavy atom. The van der Waals surface area contributed by atoms with Crippen molar-refractivity contribution in [3.05, 3.63) is 22.5 Å². The molecule has 12 heavy (non-hydrogen) atoms. The van der Waals surface area contributed by atoms with E-state index in [0.29, 0.717) is 13.0 Å². The zero-order valence-corrected chi connectivity index (χ0v) is 6.30. The van der Waals surface area contributed by atoms with Crippen LogP contribution in [0.2, 0.25) is 0 Å². The fourth-order valence-corrected chi connectivity index (χ4v) is 0.833. The van der Waals surface area contributed by atoms with Gasteiger partial charge in [-0.15, -0.1) is 12.3 Å². The van der Waals surface area contributed by atoms with Gasteiger partial charge < -0.3 is 10.1 Å². The van der Waals surface area contributed by atoms with Gasteiger partial charge in [-0.25, -0.2) is 4.57 Å². The predicted molar refractivity (Wildman–Crippen MR) is 42.3 cm³/mol. The SMILES string of the molecule is C#CCCn1ccnc1[N+](=O)[O-]. The minimum Gasteiger partial charge on any atom is -0.390 e. The summed E-state index contributed by atoms with van der Waals surface area (Å²) in [5, 5.41) is 10.3. The number of hydrogen-bond acceptors (Lipinski definition) is 3. The van der Waals surface area contributed by atoms with E-state index in [2.05, 4.69) is 10.9 Å². The summed E-state index contributed by atoms with van der Waals surface area (Å²) < 4.78 is 1.42. The van der Waals surface area contributed by atoms with Gasteiger partial charge >= 0.3 is 5.95 Å². The van der Waals surface area contributed by atoms with Gasteiger partial charge in [-0.2, -0.15) is 0 Å². The van der Waals surface area contributed by atoms with Gasteiger partial charge in [-0.05, 0) is 4.92 Å². The van der Waals surface area contributed by atoms with Crippen molar-refractivity contribution >= 4 is 5.95 Å². The first-order valence-electron chi connectivity index (χ1n) is 3.34. The molecule has 0 N–H and O–H groups in total. The molecule has 0 saturated heterocycles. The van der Waals surface area contributed by atoms with Gasteiger partial charge in [-0.3, -0.25) is 0 Å². The van der Waals surface area contributed by atoms with Crippen molar-refractivity contribution in [3.63, 3.8) is 0 Å². The lowest BCUT2D eigenvalue weighted by atomic mass is 10.4. The van der Waals surface area contributed by atoms with E-state index in [4.69, 9.17) is 6.42 Å². The molecule has 0 aliphatic carbocycles. The van der Waals surface area contributed by atoms with E-state index in [1.54, 1.807) is 0 Å². The second-order valence-electron chi connectivity index (χ2n) is 2.13. The fourth-order valence-electron chi connectivity index (χ4n) is 0.833. The summed E-state index contributed by atoms with van der Waals surface area (Å²) in [4.78, 5) is 13.3. The number of nitro groups is 1. The molecule has 0 aliphatic heterocycles. The van der Waals surface area contributed by atoms with Crippen molar-refractivity contribution in [2.75, 3.05) is 0 Å². The molecular formula is C7H7N3O2. The summed E-state index contributed by atoms with van der Waals surface area (Å²) in [7, 11) is 0. The maximum Gasteiger partial charge on any atom is 0.434 e. The molecule has 0 fully saturated rings. The number of terminal acetylenes is 1. The summed E-state index contributed by atoms with van der Waals surface area (Å²) in [6.07, 6.45) is 8.41. The average molecular weight is 165 g/mol. The van der Waals surface area contributed by atoms with Crippen LogP contribution in [-0.4, -0.2) is 14.5 Å². The zero-order chi connectivity index (χ0) is 8.97. The van der Waals surface area contributed by atoms with Crippen LogP contribution in [0.25, 0.3) is 0 Å². The first-order chi connectivity index (χ1) is 5.75. The summed E-state index contributed by atoms with van der Waals surface area (Å²) in [5.74, 6) is 2.24. The van der Waals surface area contributed by atoms with Gasteiger partial charge in [0.15, 0.2) is 0 Å². The predicted octanol–water partition coefficient (Wildman–Crippen LogP) is 0.815. The van der Waals surface area contributed by atoms with Crippen molar-refractivity contribution < 1.29 is 4.92 Å². The Morgan fingerprint density at radius 3 is 3.17 bits per heavy atom. The first kappa shape index (κ1) is 8.27. The van der Waals surface area contributed by atoms with Crippen molar-refractivity contribution in [2.24, 2.45) is 0 Å². The van der Waals surface area contributed by atoms with Crippen LogP contribution < -0.4 is 0 Å². The number of aromatic nitrogens is 2. The Morgan fingerprint density at radius 2 is 2.58 bits per heavy atom. The quantitative estimate of drug-likeness (QED) is 0.378. The Kier molecular flexibility index (Phi) is 2.43. The number of aryl methyl sites for hydroxylation is 1. The summed E-state index contributed by atoms with van der Waals surface area (Å²) in [6.45, 7) is 0.437. The topological polar surface area (TPSA) is 61.0 Å². The van der Waals surface area contributed by atoms with Crippen LogP contribution in [0, 0.1) is 22.5 Å². The summed E-state index contributed by atoms with van der Waals surface area (Å²) in [6, 6.07) is 0. The molecule has 0 aliphatic rings. The molecular weight excluding hydrogens is 158 g/mol. The first-order valence-corrected chi connectivity index (χ1v) is 3.34. The molecule has 5 nitrogen and oxygen atoms in total. The van der Waals surface area contributed by atoms with Gasteiger partial charge in [-0.1, -0.05) is 4.98 Å². The number of rotatable bonds is 3. The Hall–Kier alpha value is -1.83. The molecule has 0 bridgehead atoms. The van der Waals surface area contributed by atoms with E-state index in [1.807, 2.05) is 0 Å². The molecule has 0 amide bonds. The highest BCUT2D eigenvalue weighted by Gasteiger charge is 2.12. The maximum absolute atomic E-state index is 10.3. The van der Waals surface area contributed by atoms with E-state index in [1.165, 1.54) is 17.0 Å². The molecule has 62 valence electrons. The van der Waals surface area contributed by atoms with E-state index >= 15 is 0 Å². The third kappa shape index (κ3) is 1.61. The number of hydrogen-bond donors (Lipinski definition) is 0. The summed E-state index contributed by atoms with van der Waals surface area (Å²) >= 11 is 0. The molecule has 1 rings (SSSR count). The van der Waals surface area contributed by atoms with Gasteiger partial charge in [0.25, 0.3) is 0 Å². The maximum atomic E-state index is 10.3. The van der Waals surface area contributed by atoms with Crippen LogP contribution in [0.15, 0.2) is 12.4 Å². The minimum atomic E-state index is -0.531. The largest absolute Gasteiger partial charge is 0.434 e. The van der Waals surface area contributed by atoms with Crippen LogP contribution in [0.5, 0.6) is 0 Å². The molecule has 1 heterocycles. The minimum absolute atomic E-state index is 0.162. The highest BCUT2D eigenvalue weighted by atomic mass is 16.6. The van der Waals surface area contributed by atoms with Crippen molar-refractivity contribution in [3.8, 4) is 12.3 Å². The molecule has 0 radical (unpaired) electrons. The molecule has 1 aromatic heterocycles. The van der Waals surface area contributed by atoms with Gasteiger partial charge in [0.1, 0.15) is 12.4 Å². The fraction of sp³-hybridized carbons (Fsp3) is 0.286. The second kappa shape index (κ2) is 3.53. The van der Waals surface area contributed by atoms with Crippen molar-refractivity contribution in [1.29, 1.82) is 0 Å². The van der Waals surface area contributed by atoms with Crippen molar-refractivity contribution in [1.82, 2.24) is 9.55 Å². The van der Waals surface area contributed by atoms with Crippen LogP contribution in [0.1, 0.15) is 6.42 Å². The monoisotopic (exact) mass is 165 g/mol. The zero-order valence-electron chi connectivity index (χ0n) is 6.30. The molecule has 0 saturated carbocycles. The third-order valence-corrected chi connectivity index (χ3v) is 1.35. The molecule has 1 aromatic rings. The summed E-state index contributed by atoms with van der Waals surface area (Å²) in [5.41, 5.74) is 0. The molecule has 0 atom stereocenters. The van der Waals surface area contributed by atoms with E-state index < -0.39 is 4.92 Å². The van der Waals surface area contributed by atoms with E-state index in [-0.39, 0.29) is 5.95 Å². The average Bonchev–Trinajstić information content (AvgIpc) is 2.48. The van der Waals surface area contributed by atoms with E-state index in [9.17, 15) is 10.1 Å². The van der Waals surface area contributed by atoms with Gasteiger partial charge in [0.05, 0.1) is 6.54 Å². The lowest BCUT2D eigenvalue weighted by Crippen LogP contribution is -2.02. The Balaban J connectivity index is 2.79. The standard InChI is InChI=1S/C7H7N3O2/c1-2-3-5-9-6-4-8-7(9)10(11)12/h1,4,6H,3,5H2. The Bertz CT molecular complexity index is 324. The highest BCUT2D eigenvalue weighted by molar-refractivity contribution is 5.06. The van der Waals surface area contributed by atoms with E-state index in [0.717, 1.165) is 0 Å².